The van der Waals surface area contributed by atoms with E-state index in [9.17, 15) is 9.59 Å². The van der Waals surface area contributed by atoms with Gasteiger partial charge in [0.15, 0.2) is 11.5 Å². The molecule has 0 bridgehead atoms. The highest BCUT2D eigenvalue weighted by atomic mass is 16.5. The van der Waals surface area contributed by atoms with Gasteiger partial charge in [0.05, 0.1) is 20.8 Å². The van der Waals surface area contributed by atoms with Crippen LogP contribution in [0, 0.1) is 0 Å². The van der Waals surface area contributed by atoms with Gasteiger partial charge < -0.3 is 20.1 Å². The summed E-state index contributed by atoms with van der Waals surface area (Å²) in [7, 11) is 3.12. The summed E-state index contributed by atoms with van der Waals surface area (Å²) in [5.74, 6) is 0.643. The maximum absolute atomic E-state index is 12.3. The molecule has 3 aromatic carbocycles. The SMILES string of the molecule is COc1ccc(CNC(=O)CNC(=O)c2ccc(-c3ccccc3)cc2)cc1OC. The molecule has 0 saturated carbocycles. The van der Waals surface area contributed by atoms with Gasteiger partial charge in [-0.3, -0.25) is 9.59 Å². The fourth-order valence-electron chi connectivity index (χ4n) is 2.96. The molecule has 154 valence electrons. The Morgan fingerprint density at radius 1 is 0.767 bits per heavy atom. The largest absolute Gasteiger partial charge is 0.493 e. The number of benzene rings is 3. The molecule has 0 aromatic heterocycles. The normalized spacial score (nSPS) is 10.2. The van der Waals surface area contributed by atoms with Crippen molar-refractivity contribution in [3.63, 3.8) is 0 Å². The lowest BCUT2D eigenvalue weighted by Crippen LogP contribution is -2.36. The Balaban J connectivity index is 1.49. The zero-order chi connectivity index (χ0) is 21.3. The molecule has 0 unspecified atom stereocenters. The quantitative estimate of drug-likeness (QED) is 0.603. The zero-order valence-corrected chi connectivity index (χ0v) is 17.0. The van der Waals surface area contributed by atoms with Crippen LogP contribution in [-0.2, 0) is 11.3 Å². The molecule has 0 saturated heterocycles. The summed E-state index contributed by atoms with van der Waals surface area (Å²) in [4.78, 5) is 24.4. The Hall–Kier alpha value is -3.80. The number of methoxy groups -OCH3 is 2. The molecule has 2 amide bonds. The monoisotopic (exact) mass is 404 g/mol. The van der Waals surface area contributed by atoms with Crippen molar-refractivity contribution in [1.29, 1.82) is 0 Å². The summed E-state index contributed by atoms with van der Waals surface area (Å²) in [5.41, 5.74) is 3.48. The van der Waals surface area contributed by atoms with Crippen LogP contribution in [0.3, 0.4) is 0 Å². The summed E-state index contributed by atoms with van der Waals surface area (Å²) >= 11 is 0. The van der Waals surface area contributed by atoms with Crippen LogP contribution in [0.15, 0.2) is 72.8 Å². The summed E-state index contributed by atoms with van der Waals surface area (Å²) in [5, 5.41) is 5.41. The van der Waals surface area contributed by atoms with Crippen LogP contribution in [0.2, 0.25) is 0 Å². The van der Waals surface area contributed by atoms with Crippen LogP contribution >= 0.6 is 0 Å². The number of carbonyl (C=O) groups is 2. The smallest absolute Gasteiger partial charge is 0.251 e. The van der Waals surface area contributed by atoms with Gasteiger partial charge >= 0.3 is 0 Å². The van der Waals surface area contributed by atoms with Crippen molar-refractivity contribution in [1.82, 2.24) is 10.6 Å². The minimum Gasteiger partial charge on any atom is -0.493 e. The number of hydrogen-bond acceptors (Lipinski definition) is 4. The summed E-state index contributed by atoms with van der Waals surface area (Å²) in [6, 6.07) is 22.6. The topological polar surface area (TPSA) is 76.7 Å². The Kier molecular flexibility index (Phi) is 7.05. The van der Waals surface area contributed by atoms with Crippen LogP contribution in [0.5, 0.6) is 11.5 Å². The minimum atomic E-state index is -0.295. The van der Waals surface area contributed by atoms with E-state index in [2.05, 4.69) is 10.6 Å². The van der Waals surface area contributed by atoms with Gasteiger partial charge in [-0.1, -0.05) is 48.5 Å². The molecule has 0 spiro atoms. The number of rotatable bonds is 8. The Labute approximate surface area is 175 Å². The second-order valence-electron chi connectivity index (χ2n) is 6.59. The van der Waals surface area contributed by atoms with E-state index in [1.54, 1.807) is 38.5 Å². The molecule has 6 nitrogen and oxygen atoms in total. The predicted molar refractivity (Wildman–Crippen MR) is 116 cm³/mol. The molecule has 0 fully saturated rings. The van der Waals surface area contributed by atoms with E-state index >= 15 is 0 Å². The summed E-state index contributed by atoms with van der Waals surface area (Å²) in [6.45, 7) is 0.216. The Bertz CT molecular complexity index is 1000. The first-order chi connectivity index (χ1) is 14.6. The highest BCUT2D eigenvalue weighted by Crippen LogP contribution is 2.27. The molecule has 3 rings (SSSR count). The van der Waals surface area contributed by atoms with Crippen molar-refractivity contribution in [2.75, 3.05) is 20.8 Å². The molecular weight excluding hydrogens is 380 g/mol. The molecule has 0 aliphatic carbocycles. The average Bonchev–Trinajstić information content (AvgIpc) is 2.81. The average molecular weight is 404 g/mol. The van der Waals surface area contributed by atoms with Crippen molar-refractivity contribution in [3.05, 3.63) is 83.9 Å². The second-order valence-corrected chi connectivity index (χ2v) is 6.59. The fraction of sp³-hybridized carbons (Fsp3) is 0.167. The molecular formula is C24H24N2O4. The molecule has 6 heteroatoms. The third-order valence-electron chi connectivity index (χ3n) is 4.60. The maximum atomic E-state index is 12.3. The fourth-order valence-corrected chi connectivity index (χ4v) is 2.96. The predicted octanol–water partition coefficient (Wildman–Crippen LogP) is 3.42. The number of nitrogens with one attached hydrogen (secondary N) is 2. The van der Waals surface area contributed by atoms with E-state index in [0.29, 0.717) is 23.6 Å². The number of carbonyl (C=O) groups excluding carboxylic acids is 2. The van der Waals surface area contributed by atoms with Crippen molar-refractivity contribution in [3.8, 4) is 22.6 Å². The van der Waals surface area contributed by atoms with Gasteiger partial charge in [-0.2, -0.15) is 0 Å². The summed E-state index contributed by atoms with van der Waals surface area (Å²) < 4.78 is 10.4. The molecule has 2 N–H and O–H groups in total. The zero-order valence-electron chi connectivity index (χ0n) is 17.0. The van der Waals surface area contributed by atoms with Crippen LogP contribution in [0.25, 0.3) is 11.1 Å². The van der Waals surface area contributed by atoms with Crippen LogP contribution in [0.1, 0.15) is 15.9 Å². The summed E-state index contributed by atoms with van der Waals surface area (Å²) in [6.07, 6.45) is 0. The molecule has 30 heavy (non-hydrogen) atoms. The standard InChI is InChI=1S/C24H24N2O4/c1-29-21-13-8-17(14-22(21)30-2)15-25-23(27)16-26-24(28)20-11-9-19(10-12-20)18-6-4-3-5-7-18/h3-14H,15-16H2,1-2H3,(H,25,27)(H,26,28). The van der Waals surface area contributed by atoms with Gasteiger partial charge in [-0.15, -0.1) is 0 Å². The highest BCUT2D eigenvalue weighted by Gasteiger charge is 2.09. The molecule has 0 heterocycles. The third-order valence-corrected chi connectivity index (χ3v) is 4.60. The van der Waals surface area contributed by atoms with Gasteiger partial charge in [-0.05, 0) is 41.0 Å². The molecule has 0 aliphatic rings. The van der Waals surface area contributed by atoms with E-state index in [1.165, 1.54) is 0 Å². The minimum absolute atomic E-state index is 0.105. The van der Waals surface area contributed by atoms with E-state index in [-0.39, 0.29) is 18.4 Å². The van der Waals surface area contributed by atoms with Crippen molar-refractivity contribution in [2.24, 2.45) is 0 Å². The van der Waals surface area contributed by atoms with Gasteiger partial charge in [0, 0.05) is 12.1 Å². The number of hydrogen-bond donors (Lipinski definition) is 2. The van der Waals surface area contributed by atoms with E-state index in [1.807, 2.05) is 48.5 Å². The van der Waals surface area contributed by atoms with Crippen LogP contribution < -0.4 is 20.1 Å². The Morgan fingerprint density at radius 3 is 2.10 bits per heavy atom. The lowest BCUT2D eigenvalue weighted by Gasteiger charge is -2.11. The van der Waals surface area contributed by atoms with E-state index in [0.717, 1.165) is 16.7 Å². The number of ether oxygens (including phenoxy) is 2. The van der Waals surface area contributed by atoms with Crippen LogP contribution in [0.4, 0.5) is 0 Å². The molecule has 3 aromatic rings. The first-order valence-electron chi connectivity index (χ1n) is 9.52. The first-order valence-corrected chi connectivity index (χ1v) is 9.52. The third kappa shape index (κ3) is 5.38. The van der Waals surface area contributed by atoms with E-state index < -0.39 is 0 Å². The van der Waals surface area contributed by atoms with Crippen LogP contribution in [-0.4, -0.2) is 32.6 Å². The van der Waals surface area contributed by atoms with Crippen molar-refractivity contribution in [2.45, 2.75) is 6.54 Å². The maximum Gasteiger partial charge on any atom is 0.251 e. The lowest BCUT2D eigenvalue weighted by molar-refractivity contribution is -0.120. The molecule has 0 radical (unpaired) electrons. The molecule has 0 aliphatic heterocycles. The van der Waals surface area contributed by atoms with Gasteiger partial charge in [0.25, 0.3) is 5.91 Å². The van der Waals surface area contributed by atoms with E-state index in [4.69, 9.17) is 9.47 Å². The molecule has 0 atom stereocenters. The van der Waals surface area contributed by atoms with Gasteiger partial charge in [-0.25, -0.2) is 0 Å². The highest BCUT2D eigenvalue weighted by molar-refractivity contribution is 5.96. The second kappa shape index (κ2) is 10.1. The Morgan fingerprint density at radius 2 is 1.43 bits per heavy atom. The first kappa shape index (κ1) is 20.9. The number of amides is 2. The lowest BCUT2D eigenvalue weighted by atomic mass is 10.0. The van der Waals surface area contributed by atoms with Gasteiger partial charge in [0.1, 0.15) is 0 Å². The van der Waals surface area contributed by atoms with Crippen molar-refractivity contribution >= 4 is 11.8 Å². The van der Waals surface area contributed by atoms with Crippen molar-refractivity contribution < 1.29 is 19.1 Å². The van der Waals surface area contributed by atoms with Gasteiger partial charge in [0.2, 0.25) is 5.91 Å².